The van der Waals surface area contributed by atoms with Gasteiger partial charge in [0.1, 0.15) is 0 Å². The summed E-state index contributed by atoms with van der Waals surface area (Å²) < 4.78 is 0.904. The number of benzene rings is 2. The molecule has 0 atom stereocenters. The summed E-state index contributed by atoms with van der Waals surface area (Å²) in [5.74, 6) is 1.37. The largest absolute Gasteiger partial charge is 0.259 e. The maximum Gasteiger partial charge on any atom is 0.181 e. The maximum atomic E-state index is 6.03. The quantitative estimate of drug-likeness (QED) is 0.746. The molecule has 3 nitrogen and oxygen atoms in total. The number of nitrogens with one attached hydrogen (secondary N) is 1. The minimum atomic E-state index is 0.627. The Bertz CT molecular complexity index is 689. The monoisotopic (exact) mass is 333 g/mol. The number of rotatable bonds is 2. The SMILES string of the molecule is Clc1cc(Br)cc(-c2n[nH]c(-c3ccccc3)n2)c1. The molecule has 0 bridgehead atoms. The van der Waals surface area contributed by atoms with E-state index in [-0.39, 0.29) is 0 Å². The summed E-state index contributed by atoms with van der Waals surface area (Å²) in [6.07, 6.45) is 0. The van der Waals surface area contributed by atoms with Gasteiger partial charge in [-0.1, -0.05) is 57.9 Å². The predicted molar refractivity (Wildman–Crippen MR) is 80.0 cm³/mol. The zero-order chi connectivity index (χ0) is 13.2. The number of nitrogens with zero attached hydrogens (tertiary/aromatic N) is 2. The van der Waals surface area contributed by atoms with Gasteiger partial charge >= 0.3 is 0 Å². The molecule has 1 N–H and O–H groups in total. The molecule has 0 unspecified atom stereocenters. The highest BCUT2D eigenvalue weighted by molar-refractivity contribution is 9.10. The van der Waals surface area contributed by atoms with Gasteiger partial charge in [-0.15, -0.1) is 0 Å². The van der Waals surface area contributed by atoms with Crippen molar-refractivity contribution < 1.29 is 0 Å². The van der Waals surface area contributed by atoms with Crippen molar-refractivity contribution in [2.45, 2.75) is 0 Å². The molecule has 0 aliphatic carbocycles. The molecule has 0 aliphatic rings. The Morgan fingerprint density at radius 3 is 2.53 bits per heavy atom. The normalized spacial score (nSPS) is 10.6. The van der Waals surface area contributed by atoms with Crippen molar-refractivity contribution in [3.63, 3.8) is 0 Å². The Hall–Kier alpha value is -1.65. The summed E-state index contributed by atoms with van der Waals surface area (Å²) in [5.41, 5.74) is 1.88. The second-order valence-electron chi connectivity index (χ2n) is 4.03. The zero-order valence-corrected chi connectivity index (χ0v) is 12.1. The maximum absolute atomic E-state index is 6.03. The van der Waals surface area contributed by atoms with Gasteiger partial charge in [-0.05, 0) is 18.2 Å². The van der Waals surface area contributed by atoms with E-state index in [0.29, 0.717) is 10.8 Å². The molecule has 0 fully saturated rings. The molecule has 0 radical (unpaired) electrons. The third-order valence-corrected chi connectivity index (χ3v) is 3.33. The van der Waals surface area contributed by atoms with Gasteiger partial charge in [0.15, 0.2) is 11.6 Å². The van der Waals surface area contributed by atoms with Gasteiger partial charge in [0.25, 0.3) is 0 Å². The van der Waals surface area contributed by atoms with Crippen molar-refractivity contribution in [3.05, 3.63) is 58.0 Å². The van der Waals surface area contributed by atoms with Crippen LogP contribution in [0.3, 0.4) is 0 Å². The Kier molecular flexibility index (Phi) is 3.36. The molecule has 1 aromatic heterocycles. The van der Waals surface area contributed by atoms with E-state index in [1.807, 2.05) is 48.5 Å². The first kappa shape index (κ1) is 12.4. The molecule has 0 amide bonds. The third-order valence-electron chi connectivity index (χ3n) is 2.65. The first-order chi connectivity index (χ1) is 9.22. The fourth-order valence-corrected chi connectivity index (χ4v) is 2.66. The first-order valence-electron chi connectivity index (χ1n) is 5.67. The van der Waals surface area contributed by atoms with Crippen LogP contribution in [0.2, 0.25) is 5.02 Å². The van der Waals surface area contributed by atoms with Crippen LogP contribution in [0.15, 0.2) is 53.0 Å². The van der Waals surface area contributed by atoms with Crippen molar-refractivity contribution in [1.29, 1.82) is 0 Å². The highest BCUT2D eigenvalue weighted by Crippen LogP contribution is 2.26. The van der Waals surface area contributed by atoms with Gasteiger partial charge in [-0.2, -0.15) is 5.10 Å². The number of hydrogen-bond acceptors (Lipinski definition) is 2. The Morgan fingerprint density at radius 1 is 1.00 bits per heavy atom. The molecular weight excluding hydrogens is 326 g/mol. The van der Waals surface area contributed by atoms with Crippen LogP contribution < -0.4 is 0 Å². The summed E-state index contributed by atoms with van der Waals surface area (Å²) in [5, 5.41) is 7.82. The van der Waals surface area contributed by atoms with E-state index in [1.54, 1.807) is 0 Å². The molecule has 5 heteroatoms. The van der Waals surface area contributed by atoms with Crippen molar-refractivity contribution >= 4 is 27.5 Å². The summed E-state index contributed by atoms with van der Waals surface area (Å²) in [6.45, 7) is 0. The van der Waals surface area contributed by atoms with Crippen LogP contribution in [-0.2, 0) is 0 Å². The molecule has 0 saturated carbocycles. The summed E-state index contributed by atoms with van der Waals surface area (Å²) in [6, 6.07) is 15.5. The number of aromatic amines is 1. The second-order valence-corrected chi connectivity index (χ2v) is 5.38. The number of hydrogen-bond donors (Lipinski definition) is 1. The summed E-state index contributed by atoms with van der Waals surface area (Å²) >= 11 is 9.44. The molecule has 0 spiro atoms. The van der Waals surface area contributed by atoms with E-state index >= 15 is 0 Å². The van der Waals surface area contributed by atoms with Crippen LogP contribution in [-0.4, -0.2) is 15.2 Å². The van der Waals surface area contributed by atoms with Crippen LogP contribution in [0.1, 0.15) is 0 Å². The second kappa shape index (κ2) is 5.15. The number of H-pyrrole nitrogens is 1. The number of aromatic nitrogens is 3. The summed E-state index contributed by atoms with van der Waals surface area (Å²) in [7, 11) is 0. The van der Waals surface area contributed by atoms with Gasteiger partial charge in [0, 0.05) is 20.6 Å². The molecule has 3 aromatic rings. The molecule has 0 saturated heterocycles. The average molecular weight is 335 g/mol. The van der Waals surface area contributed by atoms with Crippen molar-refractivity contribution in [2.75, 3.05) is 0 Å². The van der Waals surface area contributed by atoms with E-state index in [2.05, 4.69) is 31.1 Å². The zero-order valence-electron chi connectivity index (χ0n) is 9.77. The topological polar surface area (TPSA) is 41.6 Å². The van der Waals surface area contributed by atoms with Crippen LogP contribution in [0, 0.1) is 0 Å². The van der Waals surface area contributed by atoms with Gasteiger partial charge in [0.2, 0.25) is 0 Å². The molecule has 0 aliphatic heterocycles. The fourth-order valence-electron chi connectivity index (χ4n) is 1.80. The van der Waals surface area contributed by atoms with Gasteiger partial charge in [-0.3, -0.25) is 5.10 Å². The fraction of sp³-hybridized carbons (Fsp3) is 0. The van der Waals surface area contributed by atoms with Crippen LogP contribution in [0.25, 0.3) is 22.8 Å². The molecule has 1 heterocycles. The van der Waals surface area contributed by atoms with Gasteiger partial charge < -0.3 is 0 Å². The van der Waals surface area contributed by atoms with E-state index in [4.69, 9.17) is 11.6 Å². The highest BCUT2D eigenvalue weighted by atomic mass is 79.9. The Balaban J connectivity index is 2.02. The lowest BCUT2D eigenvalue weighted by Crippen LogP contribution is -1.82. The molecule has 3 rings (SSSR count). The number of halogens is 2. The Labute approximate surface area is 123 Å². The predicted octanol–water partition coefficient (Wildman–Crippen LogP) is 4.55. The van der Waals surface area contributed by atoms with E-state index in [1.165, 1.54) is 0 Å². The lowest BCUT2D eigenvalue weighted by Gasteiger charge is -1.98. The lowest BCUT2D eigenvalue weighted by atomic mass is 10.2. The minimum Gasteiger partial charge on any atom is -0.259 e. The van der Waals surface area contributed by atoms with Crippen LogP contribution in [0.5, 0.6) is 0 Å². The van der Waals surface area contributed by atoms with Crippen LogP contribution in [0.4, 0.5) is 0 Å². The van der Waals surface area contributed by atoms with E-state index in [0.717, 1.165) is 21.4 Å². The van der Waals surface area contributed by atoms with E-state index < -0.39 is 0 Å². The smallest absolute Gasteiger partial charge is 0.181 e. The standard InChI is InChI=1S/C14H9BrClN3/c15-11-6-10(7-12(16)8-11)14-17-13(18-19-14)9-4-2-1-3-5-9/h1-8H,(H,17,18,19). The third kappa shape index (κ3) is 2.69. The first-order valence-corrected chi connectivity index (χ1v) is 6.84. The lowest BCUT2D eigenvalue weighted by molar-refractivity contribution is 1.10. The highest BCUT2D eigenvalue weighted by Gasteiger charge is 2.08. The van der Waals surface area contributed by atoms with E-state index in [9.17, 15) is 0 Å². The van der Waals surface area contributed by atoms with Crippen molar-refractivity contribution in [2.24, 2.45) is 0 Å². The van der Waals surface area contributed by atoms with Crippen LogP contribution >= 0.6 is 27.5 Å². The molecule has 94 valence electrons. The molecular formula is C14H9BrClN3. The van der Waals surface area contributed by atoms with Gasteiger partial charge in [-0.25, -0.2) is 4.98 Å². The Morgan fingerprint density at radius 2 is 1.79 bits per heavy atom. The molecule has 2 aromatic carbocycles. The van der Waals surface area contributed by atoms with Crippen molar-refractivity contribution in [1.82, 2.24) is 15.2 Å². The molecule has 19 heavy (non-hydrogen) atoms. The summed E-state index contributed by atoms with van der Waals surface area (Å²) in [4.78, 5) is 4.49. The van der Waals surface area contributed by atoms with Crippen molar-refractivity contribution in [3.8, 4) is 22.8 Å². The van der Waals surface area contributed by atoms with Gasteiger partial charge in [0.05, 0.1) is 0 Å². The minimum absolute atomic E-state index is 0.627. The average Bonchev–Trinajstić information content (AvgIpc) is 2.88.